The number of nitrogens with zero attached hydrogens (tertiary/aromatic N) is 2. The van der Waals surface area contributed by atoms with Crippen LogP contribution in [0.2, 0.25) is 5.02 Å². The van der Waals surface area contributed by atoms with Gasteiger partial charge in [-0.25, -0.2) is 8.42 Å². The van der Waals surface area contributed by atoms with Gasteiger partial charge in [0.05, 0.1) is 16.5 Å². The molecule has 0 radical (unpaired) electrons. The van der Waals surface area contributed by atoms with Crippen LogP contribution in [0.1, 0.15) is 44.9 Å². The Morgan fingerprint density at radius 1 is 1.07 bits per heavy atom. The second-order valence-corrected chi connectivity index (χ2v) is 10.5. The highest BCUT2D eigenvalue weighted by molar-refractivity contribution is 7.89. The van der Waals surface area contributed by atoms with Gasteiger partial charge in [0, 0.05) is 39.1 Å². The van der Waals surface area contributed by atoms with Crippen LogP contribution in [0, 0.1) is 5.92 Å². The van der Waals surface area contributed by atoms with Crippen molar-refractivity contribution < 1.29 is 13.2 Å². The summed E-state index contributed by atoms with van der Waals surface area (Å²) in [5.74, 6) is 0.579. The minimum absolute atomic E-state index is 0.0330. The van der Waals surface area contributed by atoms with Gasteiger partial charge in [-0.2, -0.15) is 4.31 Å². The van der Waals surface area contributed by atoms with E-state index in [-0.39, 0.29) is 18.2 Å². The van der Waals surface area contributed by atoms with Crippen molar-refractivity contribution in [2.75, 3.05) is 43.4 Å². The Labute approximate surface area is 179 Å². The number of halogens is 1. The fraction of sp³-hybridized carbons (Fsp3) is 0.667. The Kier molecular flexibility index (Phi) is 8.21. The van der Waals surface area contributed by atoms with Gasteiger partial charge in [-0.1, -0.05) is 55.8 Å². The number of carbonyl (C=O) groups is 1. The van der Waals surface area contributed by atoms with Crippen molar-refractivity contribution in [2.45, 2.75) is 44.9 Å². The molecule has 1 aliphatic carbocycles. The van der Waals surface area contributed by atoms with Gasteiger partial charge in [0.1, 0.15) is 0 Å². The molecular weight excluding hydrogens is 410 g/mol. The van der Waals surface area contributed by atoms with Gasteiger partial charge in [0.15, 0.2) is 0 Å². The minimum Gasteiger partial charge on any atom is -0.368 e. The van der Waals surface area contributed by atoms with Crippen LogP contribution in [0.5, 0.6) is 0 Å². The molecule has 2 fully saturated rings. The third-order valence-electron chi connectivity index (χ3n) is 6.01. The van der Waals surface area contributed by atoms with Crippen LogP contribution in [-0.4, -0.2) is 57.1 Å². The number of anilines is 1. The summed E-state index contributed by atoms with van der Waals surface area (Å²) in [7, 11) is -3.37. The highest BCUT2D eigenvalue weighted by atomic mass is 35.5. The number of rotatable bonds is 8. The summed E-state index contributed by atoms with van der Waals surface area (Å²) < 4.78 is 26.7. The maximum Gasteiger partial charge on any atom is 0.220 e. The Morgan fingerprint density at radius 3 is 2.45 bits per heavy atom. The summed E-state index contributed by atoms with van der Waals surface area (Å²) in [5.41, 5.74) is 0.941. The number of para-hydroxylation sites is 1. The fourth-order valence-corrected chi connectivity index (χ4v) is 5.86. The van der Waals surface area contributed by atoms with E-state index >= 15 is 0 Å². The van der Waals surface area contributed by atoms with E-state index < -0.39 is 10.0 Å². The lowest BCUT2D eigenvalue weighted by atomic mass is 9.86. The molecule has 2 aliphatic rings. The van der Waals surface area contributed by atoms with Crippen LogP contribution in [0.15, 0.2) is 24.3 Å². The van der Waals surface area contributed by atoms with Crippen LogP contribution in [-0.2, 0) is 14.8 Å². The van der Waals surface area contributed by atoms with Crippen molar-refractivity contribution in [1.29, 1.82) is 0 Å². The average Bonchev–Trinajstić information content (AvgIpc) is 2.73. The molecule has 162 valence electrons. The lowest BCUT2D eigenvalue weighted by Crippen LogP contribution is -2.50. The minimum atomic E-state index is -3.37. The third-order valence-corrected chi connectivity index (χ3v) is 8.20. The molecule has 0 atom stereocenters. The first-order valence-corrected chi connectivity index (χ1v) is 12.7. The Balaban J connectivity index is 1.37. The highest BCUT2D eigenvalue weighted by Crippen LogP contribution is 2.27. The summed E-state index contributed by atoms with van der Waals surface area (Å²) in [6.07, 6.45) is 7.73. The molecule has 1 amide bonds. The predicted octanol–water partition coefficient (Wildman–Crippen LogP) is 3.27. The summed E-state index contributed by atoms with van der Waals surface area (Å²) in [6, 6.07) is 7.61. The van der Waals surface area contributed by atoms with E-state index in [1.807, 2.05) is 24.3 Å². The smallest absolute Gasteiger partial charge is 0.220 e. The maximum absolute atomic E-state index is 12.6. The number of piperazine rings is 1. The van der Waals surface area contributed by atoms with Crippen LogP contribution in [0.25, 0.3) is 0 Å². The SMILES string of the molecule is O=C(CCC1CCCCC1)NCCS(=O)(=O)N1CCN(c2ccccc2Cl)CC1. The van der Waals surface area contributed by atoms with Crippen molar-refractivity contribution in [2.24, 2.45) is 5.92 Å². The van der Waals surface area contributed by atoms with Gasteiger partial charge < -0.3 is 10.2 Å². The Bertz CT molecular complexity index is 773. The molecule has 0 aromatic heterocycles. The molecule has 6 nitrogen and oxygen atoms in total. The topological polar surface area (TPSA) is 69.7 Å². The fourth-order valence-electron chi connectivity index (χ4n) is 4.26. The zero-order valence-corrected chi connectivity index (χ0v) is 18.6. The molecule has 1 N–H and O–H groups in total. The van der Waals surface area contributed by atoms with Crippen molar-refractivity contribution in [3.8, 4) is 0 Å². The van der Waals surface area contributed by atoms with E-state index in [1.54, 1.807) is 0 Å². The first kappa shape index (κ1) is 22.4. The molecule has 1 saturated heterocycles. The van der Waals surface area contributed by atoms with Crippen molar-refractivity contribution >= 4 is 33.2 Å². The number of sulfonamides is 1. The molecule has 1 aromatic carbocycles. The van der Waals surface area contributed by atoms with Gasteiger partial charge >= 0.3 is 0 Å². The number of benzene rings is 1. The van der Waals surface area contributed by atoms with E-state index in [0.717, 1.165) is 12.1 Å². The number of hydrogen-bond acceptors (Lipinski definition) is 4. The zero-order valence-electron chi connectivity index (χ0n) is 17.0. The van der Waals surface area contributed by atoms with Crippen molar-refractivity contribution in [3.63, 3.8) is 0 Å². The van der Waals surface area contributed by atoms with Crippen molar-refractivity contribution in [1.82, 2.24) is 9.62 Å². The molecule has 1 saturated carbocycles. The second kappa shape index (κ2) is 10.6. The summed E-state index contributed by atoms with van der Waals surface area (Å²) in [5, 5.41) is 3.47. The van der Waals surface area contributed by atoms with Crippen molar-refractivity contribution in [3.05, 3.63) is 29.3 Å². The van der Waals surface area contributed by atoms with E-state index in [2.05, 4.69) is 10.2 Å². The lowest BCUT2D eigenvalue weighted by Gasteiger charge is -2.35. The van der Waals surface area contributed by atoms with Gasteiger partial charge in [-0.15, -0.1) is 0 Å². The molecule has 0 bridgehead atoms. The first-order chi connectivity index (χ1) is 14.0. The number of nitrogens with one attached hydrogen (secondary N) is 1. The van der Waals surface area contributed by atoms with E-state index in [1.165, 1.54) is 36.4 Å². The highest BCUT2D eigenvalue weighted by Gasteiger charge is 2.27. The number of carbonyl (C=O) groups excluding carboxylic acids is 1. The molecule has 1 heterocycles. The predicted molar refractivity (Wildman–Crippen MR) is 118 cm³/mol. The average molecular weight is 442 g/mol. The molecule has 29 heavy (non-hydrogen) atoms. The van der Waals surface area contributed by atoms with E-state index in [9.17, 15) is 13.2 Å². The summed E-state index contributed by atoms with van der Waals surface area (Å²) in [6.45, 7) is 2.26. The van der Waals surface area contributed by atoms with Crippen LogP contribution in [0.4, 0.5) is 5.69 Å². The second-order valence-electron chi connectivity index (χ2n) is 8.05. The van der Waals surface area contributed by atoms with Gasteiger partial charge in [0.2, 0.25) is 15.9 Å². The molecule has 1 aliphatic heterocycles. The van der Waals surface area contributed by atoms with Crippen LogP contribution >= 0.6 is 11.6 Å². The first-order valence-electron chi connectivity index (χ1n) is 10.7. The van der Waals surface area contributed by atoms with Crippen LogP contribution in [0.3, 0.4) is 0 Å². The van der Waals surface area contributed by atoms with Gasteiger partial charge in [-0.3, -0.25) is 4.79 Å². The summed E-state index contributed by atoms with van der Waals surface area (Å²) in [4.78, 5) is 14.2. The van der Waals surface area contributed by atoms with Gasteiger partial charge in [-0.05, 0) is 24.5 Å². The molecule has 1 aromatic rings. The largest absolute Gasteiger partial charge is 0.368 e. The Hall–Kier alpha value is -1.31. The molecule has 0 spiro atoms. The third kappa shape index (κ3) is 6.59. The Morgan fingerprint density at radius 2 is 1.76 bits per heavy atom. The van der Waals surface area contributed by atoms with Crippen LogP contribution < -0.4 is 10.2 Å². The standard InChI is InChI=1S/C21H32ClN3O3S/c22-19-8-4-5-9-20(19)24-13-15-25(16-14-24)29(27,28)17-12-23-21(26)11-10-18-6-2-1-3-7-18/h4-5,8-9,18H,1-3,6-7,10-17H2,(H,23,26). The molecular formula is C21H32ClN3O3S. The van der Waals surface area contributed by atoms with E-state index in [0.29, 0.717) is 43.5 Å². The van der Waals surface area contributed by atoms with E-state index in [4.69, 9.17) is 11.6 Å². The maximum atomic E-state index is 12.6. The zero-order chi connectivity index (χ0) is 20.7. The van der Waals surface area contributed by atoms with Gasteiger partial charge in [0.25, 0.3) is 0 Å². The number of amides is 1. The molecule has 0 unspecified atom stereocenters. The quantitative estimate of drug-likeness (QED) is 0.672. The summed E-state index contributed by atoms with van der Waals surface area (Å²) >= 11 is 6.24. The number of hydrogen-bond donors (Lipinski definition) is 1. The molecule has 3 rings (SSSR count). The lowest BCUT2D eigenvalue weighted by molar-refractivity contribution is -0.121. The normalized spacial score (nSPS) is 19.3. The monoisotopic (exact) mass is 441 g/mol. The molecule has 8 heteroatoms.